The van der Waals surface area contributed by atoms with Crippen LogP contribution in [0.4, 0.5) is 0 Å². The van der Waals surface area contributed by atoms with Gasteiger partial charge in [-0.2, -0.15) is 0 Å². The minimum atomic E-state index is -0.523. The highest BCUT2D eigenvalue weighted by Crippen LogP contribution is 2.16. The molecule has 0 fully saturated rings. The SMILES string of the molecule is O=C(Cl)c1ccccc1Cl.c1ccncc1. The maximum absolute atomic E-state index is 10.5. The molecule has 0 aliphatic carbocycles. The molecule has 0 amide bonds. The zero-order chi connectivity index (χ0) is 11.8. The first-order valence-electron chi connectivity index (χ1n) is 4.51. The molecule has 1 heterocycles. The minimum Gasteiger partial charge on any atom is -0.276 e. The lowest BCUT2D eigenvalue weighted by Crippen LogP contribution is -1.87. The van der Waals surface area contributed by atoms with Gasteiger partial charge in [0.1, 0.15) is 0 Å². The van der Waals surface area contributed by atoms with E-state index in [0.717, 1.165) is 0 Å². The molecule has 4 heteroatoms. The molecule has 0 atom stereocenters. The van der Waals surface area contributed by atoms with Crippen LogP contribution in [0.1, 0.15) is 10.4 Å². The first-order chi connectivity index (χ1) is 7.72. The topological polar surface area (TPSA) is 30.0 Å². The molecule has 2 aromatic rings. The fourth-order valence-corrected chi connectivity index (χ4v) is 1.37. The van der Waals surface area contributed by atoms with Crippen LogP contribution in [0.5, 0.6) is 0 Å². The summed E-state index contributed by atoms with van der Waals surface area (Å²) in [5.74, 6) is 0. The minimum absolute atomic E-state index is 0.353. The number of rotatable bonds is 1. The van der Waals surface area contributed by atoms with Crippen molar-refractivity contribution in [3.8, 4) is 0 Å². The smallest absolute Gasteiger partial charge is 0.253 e. The fourth-order valence-electron chi connectivity index (χ4n) is 0.933. The van der Waals surface area contributed by atoms with Gasteiger partial charge in [-0.25, -0.2) is 0 Å². The molecule has 1 aromatic heterocycles. The predicted molar refractivity (Wildman–Crippen MR) is 65.9 cm³/mol. The van der Waals surface area contributed by atoms with Crippen LogP contribution in [0.3, 0.4) is 0 Å². The van der Waals surface area contributed by atoms with Gasteiger partial charge in [0.25, 0.3) is 5.24 Å². The Bertz CT molecular complexity index is 419. The van der Waals surface area contributed by atoms with Crippen LogP contribution < -0.4 is 0 Å². The molecule has 0 radical (unpaired) electrons. The van der Waals surface area contributed by atoms with Gasteiger partial charge in [0.05, 0.1) is 10.6 Å². The Morgan fingerprint density at radius 2 is 1.62 bits per heavy atom. The maximum atomic E-state index is 10.5. The normalized spacial score (nSPS) is 8.88. The molecule has 2 nitrogen and oxygen atoms in total. The van der Waals surface area contributed by atoms with Crippen LogP contribution in [0.25, 0.3) is 0 Å². The van der Waals surface area contributed by atoms with Crippen LogP contribution in [0.15, 0.2) is 54.9 Å². The van der Waals surface area contributed by atoms with E-state index in [2.05, 4.69) is 4.98 Å². The van der Waals surface area contributed by atoms with Crippen molar-refractivity contribution >= 4 is 28.4 Å². The average Bonchev–Trinajstić information content (AvgIpc) is 2.32. The summed E-state index contributed by atoms with van der Waals surface area (Å²) in [6, 6.07) is 12.4. The molecular weight excluding hydrogens is 245 g/mol. The van der Waals surface area contributed by atoms with Gasteiger partial charge in [-0.1, -0.05) is 29.8 Å². The van der Waals surface area contributed by atoms with E-state index >= 15 is 0 Å². The van der Waals surface area contributed by atoms with Crippen molar-refractivity contribution in [2.75, 3.05) is 0 Å². The summed E-state index contributed by atoms with van der Waals surface area (Å²) >= 11 is 10.8. The summed E-state index contributed by atoms with van der Waals surface area (Å²) in [6.07, 6.45) is 3.50. The Morgan fingerprint density at radius 3 is 1.94 bits per heavy atom. The van der Waals surface area contributed by atoms with Gasteiger partial charge < -0.3 is 0 Å². The van der Waals surface area contributed by atoms with Crippen molar-refractivity contribution in [1.82, 2.24) is 4.98 Å². The van der Waals surface area contributed by atoms with E-state index in [-0.39, 0.29) is 0 Å². The molecule has 16 heavy (non-hydrogen) atoms. The van der Waals surface area contributed by atoms with Gasteiger partial charge in [0, 0.05) is 12.4 Å². The molecule has 0 aliphatic rings. The zero-order valence-electron chi connectivity index (χ0n) is 8.31. The fraction of sp³-hybridized carbons (Fsp3) is 0. The van der Waals surface area contributed by atoms with E-state index in [1.165, 1.54) is 0 Å². The van der Waals surface area contributed by atoms with Gasteiger partial charge in [0.2, 0.25) is 0 Å². The van der Waals surface area contributed by atoms with Crippen molar-refractivity contribution in [3.63, 3.8) is 0 Å². The Labute approximate surface area is 104 Å². The van der Waals surface area contributed by atoms with Crippen molar-refractivity contribution in [2.24, 2.45) is 0 Å². The molecule has 0 saturated heterocycles. The first kappa shape index (κ1) is 12.7. The van der Waals surface area contributed by atoms with Crippen LogP contribution >= 0.6 is 23.2 Å². The quantitative estimate of drug-likeness (QED) is 0.724. The number of carbonyl (C=O) groups is 1. The molecule has 82 valence electrons. The van der Waals surface area contributed by atoms with Gasteiger partial charge in [0.15, 0.2) is 0 Å². The molecule has 0 unspecified atom stereocenters. The second-order valence-electron chi connectivity index (χ2n) is 2.78. The van der Waals surface area contributed by atoms with Crippen molar-refractivity contribution in [3.05, 3.63) is 65.4 Å². The molecule has 0 aliphatic heterocycles. The van der Waals surface area contributed by atoms with Gasteiger partial charge in [-0.3, -0.25) is 9.78 Å². The third-order valence-electron chi connectivity index (χ3n) is 1.65. The number of hydrogen-bond donors (Lipinski definition) is 0. The molecule has 0 spiro atoms. The van der Waals surface area contributed by atoms with Crippen LogP contribution in [-0.2, 0) is 0 Å². The van der Waals surface area contributed by atoms with E-state index < -0.39 is 5.24 Å². The van der Waals surface area contributed by atoms with E-state index in [9.17, 15) is 4.79 Å². The Hall–Kier alpha value is -1.38. The highest BCUT2D eigenvalue weighted by molar-refractivity contribution is 6.68. The number of halogens is 2. The van der Waals surface area contributed by atoms with E-state index in [0.29, 0.717) is 10.6 Å². The lowest BCUT2D eigenvalue weighted by atomic mass is 10.2. The molecule has 0 N–H and O–H groups in total. The molecule has 1 aromatic carbocycles. The molecule has 0 saturated carbocycles. The molecule has 0 bridgehead atoms. The number of hydrogen-bond acceptors (Lipinski definition) is 2. The Balaban J connectivity index is 0.000000181. The van der Waals surface area contributed by atoms with Crippen LogP contribution in [-0.4, -0.2) is 10.2 Å². The van der Waals surface area contributed by atoms with Crippen molar-refractivity contribution < 1.29 is 4.79 Å². The summed E-state index contributed by atoms with van der Waals surface area (Å²) in [4.78, 5) is 14.3. The monoisotopic (exact) mass is 253 g/mol. The van der Waals surface area contributed by atoms with Crippen LogP contribution in [0.2, 0.25) is 5.02 Å². The molecule has 2 rings (SSSR count). The number of carbonyl (C=O) groups excluding carboxylic acids is 1. The number of benzene rings is 1. The highest BCUT2D eigenvalue weighted by Gasteiger charge is 2.03. The highest BCUT2D eigenvalue weighted by atomic mass is 35.5. The van der Waals surface area contributed by atoms with Gasteiger partial charge in [-0.15, -0.1) is 0 Å². The van der Waals surface area contributed by atoms with Gasteiger partial charge in [-0.05, 0) is 35.9 Å². The summed E-state index contributed by atoms with van der Waals surface area (Å²) < 4.78 is 0. The summed E-state index contributed by atoms with van der Waals surface area (Å²) in [5, 5.41) is -0.131. The van der Waals surface area contributed by atoms with E-state index in [1.807, 2.05) is 18.2 Å². The number of pyridine rings is 1. The third kappa shape index (κ3) is 4.43. The van der Waals surface area contributed by atoms with Gasteiger partial charge >= 0.3 is 0 Å². The largest absolute Gasteiger partial charge is 0.276 e. The zero-order valence-corrected chi connectivity index (χ0v) is 9.82. The Kier molecular flexibility index (Phi) is 5.54. The first-order valence-corrected chi connectivity index (χ1v) is 5.27. The standard InChI is InChI=1S/C7H4Cl2O.C5H5N/c8-6-4-2-1-3-5(6)7(9)10;1-2-4-6-5-3-1/h1-4H;1-5H. The summed E-state index contributed by atoms with van der Waals surface area (Å²) in [6.45, 7) is 0. The number of nitrogens with zero attached hydrogens (tertiary/aromatic N) is 1. The number of aromatic nitrogens is 1. The third-order valence-corrected chi connectivity index (χ3v) is 2.19. The van der Waals surface area contributed by atoms with E-state index in [1.54, 1.807) is 36.7 Å². The van der Waals surface area contributed by atoms with E-state index in [4.69, 9.17) is 23.2 Å². The van der Waals surface area contributed by atoms with Crippen molar-refractivity contribution in [1.29, 1.82) is 0 Å². The lowest BCUT2D eigenvalue weighted by molar-refractivity contribution is 0.108. The predicted octanol–water partition coefficient (Wildman–Crippen LogP) is 3.80. The Morgan fingerprint density at radius 1 is 1.00 bits per heavy atom. The second kappa shape index (κ2) is 6.99. The van der Waals surface area contributed by atoms with Crippen molar-refractivity contribution in [2.45, 2.75) is 0 Å². The average molecular weight is 254 g/mol. The summed E-state index contributed by atoms with van der Waals surface area (Å²) in [5.41, 5.74) is 0.353. The maximum Gasteiger partial charge on any atom is 0.253 e. The lowest BCUT2D eigenvalue weighted by Gasteiger charge is -1.93. The summed E-state index contributed by atoms with van der Waals surface area (Å²) in [7, 11) is 0. The van der Waals surface area contributed by atoms with Crippen LogP contribution in [0, 0.1) is 0 Å². The molecular formula is C12H9Cl2NO. The second-order valence-corrected chi connectivity index (χ2v) is 3.53.